The number of halogens is 1. The van der Waals surface area contributed by atoms with Gasteiger partial charge in [0.05, 0.1) is 18.9 Å². The van der Waals surface area contributed by atoms with Gasteiger partial charge in [-0.3, -0.25) is 0 Å². The van der Waals surface area contributed by atoms with Crippen molar-refractivity contribution in [2.75, 3.05) is 37.4 Å². The Bertz CT molecular complexity index is 966. The molecule has 1 fully saturated rings. The molecule has 7 nitrogen and oxygen atoms in total. The lowest BCUT2D eigenvalue weighted by molar-refractivity contribution is 0.0565. The quantitative estimate of drug-likeness (QED) is 0.706. The van der Waals surface area contributed by atoms with Gasteiger partial charge in [-0.15, -0.1) is 0 Å². The average Bonchev–Trinajstić information content (AvgIpc) is 3.06. The summed E-state index contributed by atoms with van der Waals surface area (Å²) >= 11 is 5.99. The Morgan fingerprint density at radius 1 is 1.07 bits per heavy atom. The Morgan fingerprint density at radius 2 is 1.75 bits per heavy atom. The SMILES string of the molecule is Nc1c(NC(=O)N2CCOCC2)c(-c2ccccc2)nn1-c1ccc(Cl)cc1. The molecule has 1 aliphatic rings. The highest BCUT2D eigenvalue weighted by molar-refractivity contribution is 6.30. The number of nitrogens with one attached hydrogen (secondary N) is 1. The van der Waals surface area contributed by atoms with Crippen LogP contribution in [0.3, 0.4) is 0 Å². The van der Waals surface area contributed by atoms with E-state index in [0.717, 1.165) is 11.3 Å². The van der Waals surface area contributed by atoms with Gasteiger partial charge in [-0.05, 0) is 24.3 Å². The van der Waals surface area contributed by atoms with Crippen LogP contribution in [0.1, 0.15) is 0 Å². The number of amides is 2. The number of rotatable bonds is 3. The van der Waals surface area contributed by atoms with Gasteiger partial charge in [0.15, 0.2) is 5.82 Å². The van der Waals surface area contributed by atoms with Gasteiger partial charge in [0.1, 0.15) is 11.4 Å². The molecule has 144 valence electrons. The monoisotopic (exact) mass is 397 g/mol. The second-order valence-corrected chi connectivity index (χ2v) is 6.83. The second-order valence-electron chi connectivity index (χ2n) is 6.39. The van der Waals surface area contributed by atoms with Gasteiger partial charge in [0.25, 0.3) is 0 Å². The van der Waals surface area contributed by atoms with Crippen LogP contribution in [0.2, 0.25) is 5.02 Å². The molecular weight excluding hydrogens is 378 g/mol. The van der Waals surface area contributed by atoms with Crippen LogP contribution in [0.25, 0.3) is 16.9 Å². The van der Waals surface area contributed by atoms with Crippen molar-refractivity contribution in [2.45, 2.75) is 0 Å². The number of urea groups is 1. The predicted molar refractivity (Wildman–Crippen MR) is 110 cm³/mol. The number of nitrogens with zero attached hydrogens (tertiary/aromatic N) is 3. The van der Waals surface area contributed by atoms with Crippen molar-refractivity contribution < 1.29 is 9.53 Å². The molecule has 3 N–H and O–H groups in total. The van der Waals surface area contributed by atoms with E-state index in [9.17, 15) is 4.79 Å². The van der Waals surface area contributed by atoms with Crippen LogP contribution in [0.5, 0.6) is 0 Å². The zero-order valence-corrected chi connectivity index (χ0v) is 15.9. The standard InChI is InChI=1S/C20H20ClN5O2/c21-15-6-8-16(9-7-15)26-19(22)18(17(24-26)14-4-2-1-3-5-14)23-20(27)25-10-12-28-13-11-25/h1-9H,10-13,22H2,(H,23,27). The van der Waals surface area contributed by atoms with Crippen LogP contribution in [0, 0.1) is 0 Å². The van der Waals surface area contributed by atoms with E-state index < -0.39 is 0 Å². The van der Waals surface area contributed by atoms with Crippen LogP contribution in [0.4, 0.5) is 16.3 Å². The van der Waals surface area contributed by atoms with E-state index >= 15 is 0 Å². The van der Waals surface area contributed by atoms with Gasteiger partial charge in [-0.2, -0.15) is 5.10 Å². The molecule has 1 saturated heterocycles. The van der Waals surface area contributed by atoms with Crippen LogP contribution in [0.15, 0.2) is 54.6 Å². The van der Waals surface area contributed by atoms with Gasteiger partial charge in [0.2, 0.25) is 0 Å². The molecule has 4 rings (SSSR count). The minimum Gasteiger partial charge on any atom is -0.382 e. The Hall–Kier alpha value is -3.03. The molecule has 0 aliphatic carbocycles. The molecule has 0 atom stereocenters. The molecule has 2 heterocycles. The largest absolute Gasteiger partial charge is 0.382 e. The molecule has 0 bridgehead atoms. The lowest BCUT2D eigenvalue weighted by Gasteiger charge is -2.27. The smallest absolute Gasteiger partial charge is 0.322 e. The van der Waals surface area contributed by atoms with E-state index in [1.165, 1.54) is 0 Å². The molecule has 1 aliphatic heterocycles. The first-order valence-electron chi connectivity index (χ1n) is 8.97. The maximum Gasteiger partial charge on any atom is 0.322 e. The van der Waals surface area contributed by atoms with Crippen molar-refractivity contribution in [1.29, 1.82) is 0 Å². The van der Waals surface area contributed by atoms with Crippen LogP contribution < -0.4 is 11.1 Å². The van der Waals surface area contributed by atoms with Gasteiger partial charge < -0.3 is 20.7 Å². The normalized spacial score (nSPS) is 14.1. The lowest BCUT2D eigenvalue weighted by Crippen LogP contribution is -2.43. The lowest BCUT2D eigenvalue weighted by atomic mass is 10.1. The number of hydrogen-bond donors (Lipinski definition) is 2. The van der Waals surface area contributed by atoms with Crippen molar-refractivity contribution in [3.63, 3.8) is 0 Å². The van der Waals surface area contributed by atoms with E-state index in [1.54, 1.807) is 21.7 Å². The van der Waals surface area contributed by atoms with E-state index in [-0.39, 0.29) is 6.03 Å². The zero-order chi connectivity index (χ0) is 19.5. The first-order valence-corrected chi connectivity index (χ1v) is 9.35. The number of anilines is 2. The molecule has 28 heavy (non-hydrogen) atoms. The fourth-order valence-corrected chi connectivity index (χ4v) is 3.21. The number of aromatic nitrogens is 2. The number of carbonyl (C=O) groups excluding carboxylic acids is 1. The van der Waals surface area contributed by atoms with Crippen molar-refractivity contribution >= 4 is 29.1 Å². The van der Waals surface area contributed by atoms with Gasteiger partial charge >= 0.3 is 6.03 Å². The van der Waals surface area contributed by atoms with Crippen molar-refractivity contribution in [3.05, 3.63) is 59.6 Å². The first kappa shape index (κ1) is 18.3. The first-order chi connectivity index (χ1) is 13.6. The number of ether oxygens (including phenoxy) is 1. The maximum absolute atomic E-state index is 12.7. The summed E-state index contributed by atoms with van der Waals surface area (Å²) in [5, 5.41) is 8.24. The van der Waals surface area contributed by atoms with Gasteiger partial charge in [-0.25, -0.2) is 9.48 Å². The van der Waals surface area contributed by atoms with Gasteiger partial charge in [-0.1, -0.05) is 41.9 Å². The Morgan fingerprint density at radius 3 is 2.43 bits per heavy atom. The summed E-state index contributed by atoms with van der Waals surface area (Å²) in [5.41, 5.74) is 9.10. The molecule has 1 aromatic heterocycles. The minimum absolute atomic E-state index is 0.220. The highest BCUT2D eigenvalue weighted by Gasteiger charge is 2.23. The Balaban J connectivity index is 1.74. The molecule has 0 spiro atoms. The molecular formula is C20H20ClN5O2. The third kappa shape index (κ3) is 3.67. The Kier molecular flexibility index (Phi) is 5.18. The number of nitrogen functional groups attached to an aromatic ring is 1. The molecule has 8 heteroatoms. The summed E-state index contributed by atoms with van der Waals surface area (Å²) in [6, 6.07) is 16.6. The second kappa shape index (κ2) is 7.92. The number of morpholine rings is 1. The average molecular weight is 398 g/mol. The highest BCUT2D eigenvalue weighted by Crippen LogP contribution is 2.34. The summed E-state index contributed by atoms with van der Waals surface area (Å²) in [6.07, 6.45) is 0. The molecule has 3 aromatic rings. The summed E-state index contributed by atoms with van der Waals surface area (Å²) in [7, 11) is 0. The fraction of sp³-hybridized carbons (Fsp3) is 0.200. The van der Waals surface area contributed by atoms with Crippen molar-refractivity contribution in [3.8, 4) is 16.9 Å². The number of benzene rings is 2. The highest BCUT2D eigenvalue weighted by atomic mass is 35.5. The molecule has 0 radical (unpaired) electrons. The molecule has 2 aromatic carbocycles. The molecule has 2 amide bonds. The third-order valence-electron chi connectivity index (χ3n) is 4.57. The number of carbonyl (C=O) groups is 1. The van der Waals surface area contributed by atoms with E-state index in [2.05, 4.69) is 10.4 Å². The van der Waals surface area contributed by atoms with E-state index in [0.29, 0.717) is 48.5 Å². The van der Waals surface area contributed by atoms with Gasteiger partial charge in [0, 0.05) is 23.7 Å². The molecule has 0 saturated carbocycles. The summed E-state index contributed by atoms with van der Waals surface area (Å²) in [5.74, 6) is 0.350. The van der Waals surface area contributed by atoms with Crippen LogP contribution in [-0.4, -0.2) is 47.0 Å². The zero-order valence-electron chi connectivity index (χ0n) is 15.1. The summed E-state index contributed by atoms with van der Waals surface area (Å²) < 4.78 is 6.92. The van der Waals surface area contributed by atoms with Crippen molar-refractivity contribution in [1.82, 2.24) is 14.7 Å². The van der Waals surface area contributed by atoms with E-state index in [1.807, 2.05) is 42.5 Å². The topological polar surface area (TPSA) is 85.4 Å². The minimum atomic E-state index is -0.220. The van der Waals surface area contributed by atoms with E-state index in [4.69, 9.17) is 22.1 Å². The molecule has 0 unspecified atom stereocenters. The predicted octanol–water partition coefficient (Wildman–Crippen LogP) is 3.64. The Labute approximate surface area is 167 Å². The van der Waals surface area contributed by atoms with Crippen LogP contribution >= 0.6 is 11.6 Å². The summed E-state index contributed by atoms with van der Waals surface area (Å²) in [6.45, 7) is 2.13. The fourth-order valence-electron chi connectivity index (χ4n) is 3.08. The van der Waals surface area contributed by atoms with Crippen LogP contribution in [-0.2, 0) is 4.74 Å². The van der Waals surface area contributed by atoms with Crippen molar-refractivity contribution in [2.24, 2.45) is 0 Å². The number of nitrogens with two attached hydrogens (primary N) is 1. The summed E-state index contributed by atoms with van der Waals surface area (Å²) in [4.78, 5) is 14.4. The number of hydrogen-bond acceptors (Lipinski definition) is 4. The maximum atomic E-state index is 12.7. The third-order valence-corrected chi connectivity index (χ3v) is 4.82.